The molecular weight excluding hydrogens is 224 g/mol. The van der Waals surface area contributed by atoms with E-state index in [2.05, 4.69) is 38.5 Å². The Morgan fingerprint density at radius 1 is 1.11 bits per heavy atom. The average Bonchev–Trinajstić information content (AvgIpc) is 2.34. The molecule has 0 aromatic heterocycles. The lowest BCUT2D eigenvalue weighted by atomic mass is 9.89. The van der Waals surface area contributed by atoms with Crippen LogP contribution < -0.4 is 0 Å². The molecule has 0 heterocycles. The van der Waals surface area contributed by atoms with Crippen LogP contribution in [0.4, 0.5) is 0 Å². The monoisotopic (exact) mass is 252 g/mol. The Kier molecular flexibility index (Phi) is 9.35. The molecule has 0 radical (unpaired) electrons. The van der Waals surface area contributed by atoms with Crippen molar-refractivity contribution in [1.29, 1.82) is 0 Å². The number of ether oxygens (including phenoxy) is 1. The number of carbonyl (C=O) groups is 1. The standard InChI is InChI=1S/C16H28O2/c1-13(2)15(4)12-11-14(3)9-7-6-8-10-16(17)18-5/h6-8,10,13-15H,9,11-12H2,1-5H3/b7-6+,10-8+. The highest BCUT2D eigenvalue weighted by Crippen LogP contribution is 2.20. The summed E-state index contributed by atoms with van der Waals surface area (Å²) in [6, 6.07) is 0. The van der Waals surface area contributed by atoms with E-state index in [1.165, 1.54) is 26.0 Å². The first kappa shape index (κ1) is 16.9. The normalized spacial score (nSPS) is 15.4. The molecule has 0 rings (SSSR count). The molecule has 2 heteroatoms. The maximum Gasteiger partial charge on any atom is 0.330 e. The van der Waals surface area contributed by atoms with Crippen LogP contribution in [0.2, 0.25) is 0 Å². The minimum atomic E-state index is -0.307. The van der Waals surface area contributed by atoms with Crippen molar-refractivity contribution in [3.8, 4) is 0 Å². The predicted octanol–water partition coefficient (Wildman–Crippen LogP) is 4.37. The number of carbonyl (C=O) groups excluding carboxylic acids is 1. The highest BCUT2D eigenvalue weighted by atomic mass is 16.5. The van der Waals surface area contributed by atoms with Gasteiger partial charge < -0.3 is 4.74 Å². The molecule has 0 aromatic rings. The van der Waals surface area contributed by atoms with Gasteiger partial charge in [-0.05, 0) is 24.2 Å². The number of methoxy groups -OCH3 is 1. The third-order valence-electron chi connectivity index (χ3n) is 3.47. The molecule has 104 valence electrons. The molecule has 0 saturated heterocycles. The first-order valence-electron chi connectivity index (χ1n) is 6.88. The molecule has 0 fully saturated rings. The molecule has 2 unspecified atom stereocenters. The number of allylic oxidation sites excluding steroid dienone is 3. The molecule has 18 heavy (non-hydrogen) atoms. The fourth-order valence-electron chi connectivity index (χ4n) is 1.59. The van der Waals surface area contributed by atoms with Crippen molar-refractivity contribution >= 4 is 5.97 Å². The molecule has 0 amide bonds. The van der Waals surface area contributed by atoms with E-state index in [0.717, 1.165) is 18.3 Å². The summed E-state index contributed by atoms with van der Waals surface area (Å²) in [5, 5.41) is 0. The van der Waals surface area contributed by atoms with Crippen molar-refractivity contribution < 1.29 is 9.53 Å². The summed E-state index contributed by atoms with van der Waals surface area (Å²) in [7, 11) is 1.38. The van der Waals surface area contributed by atoms with Gasteiger partial charge in [-0.3, -0.25) is 0 Å². The Morgan fingerprint density at radius 2 is 1.78 bits per heavy atom. The Bertz CT molecular complexity index is 277. The van der Waals surface area contributed by atoms with Gasteiger partial charge in [-0.2, -0.15) is 0 Å². The van der Waals surface area contributed by atoms with Gasteiger partial charge in [-0.1, -0.05) is 58.8 Å². The Labute approximate surface area is 112 Å². The summed E-state index contributed by atoms with van der Waals surface area (Å²) in [5.41, 5.74) is 0. The topological polar surface area (TPSA) is 26.3 Å². The van der Waals surface area contributed by atoms with Gasteiger partial charge in [0.25, 0.3) is 0 Å². The van der Waals surface area contributed by atoms with Gasteiger partial charge in [0.1, 0.15) is 0 Å². The fourth-order valence-corrected chi connectivity index (χ4v) is 1.59. The van der Waals surface area contributed by atoms with Gasteiger partial charge in [-0.25, -0.2) is 4.79 Å². The van der Waals surface area contributed by atoms with E-state index in [9.17, 15) is 4.79 Å². The number of rotatable bonds is 8. The molecule has 0 aromatic carbocycles. The zero-order chi connectivity index (χ0) is 14.0. The fraction of sp³-hybridized carbons (Fsp3) is 0.688. The van der Waals surface area contributed by atoms with Crippen LogP contribution in [0.25, 0.3) is 0 Å². The van der Waals surface area contributed by atoms with Crippen LogP contribution >= 0.6 is 0 Å². The Hall–Kier alpha value is -1.05. The highest BCUT2D eigenvalue weighted by molar-refractivity contribution is 5.82. The molecule has 2 atom stereocenters. The number of esters is 1. The van der Waals surface area contributed by atoms with Gasteiger partial charge in [0.05, 0.1) is 7.11 Å². The van der Waals surface area contributed by atoms with Crippen molar-refractivity contribution in [3.63, 3.8) is 0 Å². The minimum absolute atomic E-state index is 0.307. The summed E-state index contributed by atoms with van der Waals surface area (Å²) < 4.78 is 4.51. The lowest BCUT2D eigenvalue weighted by Gasteiger charge is -2.17. The molecule has 0 aliphatic rings. The van der Waals surface area contributed by atoms with Crippen molar-refractivity contribution in [2.24, 2.45) is 17.8 Å². The van der Waals surface area contributed by atoms with E-state index in [1.807, 2.05) is 6.08 Å². The second kappa shape index (κ2) is 9.93. The molecule has 0 bridgehead atoms. The van der Waals surface area contributed by atoms with Gasteiger partial charge in [0, 0.05) is 6.08 Å². The van der Waals surface area contributed by atoms with Crippen LogP contribution in [-0.4, -0.2) is 13.1 Å². The minimum Gasteiger partial charge on any atom is -0.466 e. The van der Waals surface area contributed by atoms with Gasteiger partial charge >= 0.3 is 5.97 Å². The first-order chi connectivity index (χ1) is 8.47. The van der Waals surface area contributed by atoms with Crippen molar-refractivity contribution in [2.75, 3.05) is 7.11 Å². The third-order valence-corrected chi connectivity index (χ3v) is 3.47. The number of hydrogen-bond acceptors (Lipinski definition) is 2. The van der Waals surface area contributed by atoms with E-state index in [0.29, 0.717) is 5.92 Å². The largest absolute Gasteiger partial charge is 0.466 e. The van der Waals surface area contributed by atoms with Crippen LogP contribution in [-0.2, 0) is 9.53 Å². The SMILES string of the molecule is COC(=O)/C=C/C=C/CC(C)CCC(C)C(C)C. The lowest BCUT2D eigenvalue weighted by Crippen LogP contribution is -2.05. The van der Waals surface area contributed by atoms with E-state index in [-0.39, 0.29) is 5.97 Å². The van der Waals surface area contributed by atoms with E-state index >= 15 is 0 Å². The van der Waals surface area contributed by atoms with Gasteiger partial charge in [0.2, 0.25) is 0 Å². The quantitative estimate of drug-likeness (QED) is 0.364. The zero-order valence-corrected chi connectivity index (χ0v) is 12.5. The average molecular weight is 252 g/mol. The van der Waals surface area contributed by atoms with Crippen molar-refractivity contribution in [3.05, 3.63) is 24.3 Å². The van der Waals surface area contributed by atoms with Crippen LogP contribution in [0, 0.1) is 17.8 Å². The second-order valence-corrected chi connectivity index (χ2v) is 5.45. The maximum absolute atomic E-state index is 10.8. The summed E-state index contributed by atoms with van der Waals surface area (Å²) >= 11 is 0. The van der Waals surface area contributed by atoms with Crippen LogP contribution in [0.1, 0.15) is 47.0 Å². The Morgan fingerprint density at radius 3 is 2.33 bits per heavy atom. The predicted molar refractivity (Wildman–Crippen MR) is 77.3 cm³/mol. The molecule has 0 N–H and O–H groups in total. The molecule has 0 aliphatic carbocycles. The maximum atomic E-state index is 10.8. The lowest BCUT2D eigenvalue weighted by molar-refractivity contribution is -0.134. The van der Waals surface area contributed by atoms with E-state index in [1.54, 1.807) is 6.08 Å². The molecule has 0 saturated carbocycles. The second-order valence-electron chi connectivity index (χ2n) is 5.45. The van der Waals surface area contributed by atoms with Crippen LogP contribution in [0.15, 0.2) is 24.3 Å². The smallest absolute Gasteiger partial charge is 0.330 e. The summed E-state index contributed by atoms with van der Waals surface area (Å²) in [5.74, 6) is 1.97. The summed E-state index contributed by atoms with van der Waals surface area (Å²) in [4.78, 5) is 10.8. The van der Waals surface area contributed by atoms with Gasteiger partial charge in [0.15, 0.2) is 0 Å². The van der Waals surface area contributed by atoms with Crippen LogP contribution in [0.5, 0.6) is 0 Å². The summed E-state index contributed by atoms with van der Waals surface area (Å²) in [6.07, 6.45) is 10.8. The van der Waals surface area contributed by atoms with Crippen LogP contribution in [0.3, 0.4) is 0 Å². The molecule has 2 nitrogen and oxygen atoms in total. The molecule has 0 spiro atoms. The van der Waals surface area contributed by atoms with E-state index in [4.69, 9.17) is 0 Å². The third kappa shape index (κ3) is 9.03. The zero-order valence-electron chi connectivity index (χ0n) is 12.5. The first-order valence-corrected chi connectivity index (χ1v) is 6.88. The van der Waals surface area contributed by atoms with Crippen molar-refractivity contribution in [1.82, 2.24) is 0 Å². The Balaban J connectivity index is 3.76. The van der Waals surface area contributed by atoms with Crippen molar-refractivity contribution in [2.45, 2.75) is 47.0 Å². The van der Waals surface area contributed by atoms with E-state index < -0.39 is 0 Å². The summed E-state index contributed by atoms with van der Waals surface area (Å²) in [6.45, 7) is 9.17. The molecule has 0 aliphatic heterocycles. The molecular formula is C16H28O2. The van der Waals surface area contributed by atoms with Gasteiger partial charge in [-0.15, -0.1) is 0 Å². The number of hydrogen-bond donors (Lipinski definition) is 0. The highest BCUT2D eigenvalue weighted by Gasteiger charge is 2.08.